The van der Waals surface area contributed by atoms with Gasteiger partial charge in [-0.1, -0.05) is 13.8 Å². The molecule has 0 aromatic carbocycles. The molecule has 1 aromatic rings. The molecule has 1 unspecified atom stereocenters. The van der Waals surface area contributed by atoms with Gasteiger partial charge in [-0.25, -0.2) is 9.78 Å². The average molecular weight is 237 g/mol. The molecule has 1 aliphatic rings. The van der Waals surface area contributed by atoms with E-state index in [1.165, 1.54) is 0 Å². The maximum atomic E-state index is 11.1. The summed E-state index contributed by atoms with van der Waals surface area (Å²) in [5.74, 6) is -0.918. The van der Waals surface area contributed by atoms with Crippen molar-refractivity contribution in [2.75, 3.05) is 13.1 Å². The molecule has 0 spiro atoms. The monoisotopic (exact) mass is 237 g/mol. The first-order valence-electron chi connectivity index (χ1n) is 6.18. The number of hydrogen-bond donors (Lipinski definition) is 1. The van der Waals surface area contributed by atoms with Gasteiger partial charge in [0.1, 0.15) is 0 Å². The van der Waals surface area contributed by atoms with E-state index in [2.05, 4.69) is 23.7 Å². The van der Waals surface area contributed by atoms with E-state index in [9.17, 15) is 4.79 Å². The van der Waals surface area contributed by atoms with Crippen LogP contribution in [0.15, 0.2) is 6.33 Å². The third kappa shape index (κ3) is 2.20. The summed E-state index contributed by atoms with van der Waals surface area (Å²) in [6, 6.07) is 0.451. The van der Waals surface area contributed by atoms with Crippen LogP contribution >= 0.6 is 0 Å². The summed E-state index contributed by atoms with van der Waals surface area (Å²) in [6.45, 7) is 7.19. The number of rotatable bonds is 4. The van der Waals surface area contributed by atoms with Crippen molar-refractivity contribution < 1.29 is 9.90 Å². The summed E-state index contributed by atoms with van der Waals surface area (Å²) in [6.07, 6.45) is 3.52. The van der Waals surface area contributed by atoms with Gasteiger partial charge in [-0.05, 0) is 19.5 Å². The third-order valence-electron chi connectivity index (χ3n) is 3.61. The fourth-order valence-electron chi connectivity index (χ4n) is 2.66. The van der Waals surface area contributed by atoms with E-state index in [-0.39, 0.29) is 5.69 Å². The van der Waals surface area contributed by atoms with Gasteiger partial charge in [0, 0.05) is 19.0 Å². The van der Waals surface area contributed by atoms with Crippen LogP contribution in [-0.2, 0) is 13.0 Å². The van der Waals surface area contributed by atoms with Crippen molar-refractivity contribution in [2.45, 2.75) is 39.3 Å². The van der Waals surface area contributed by atoms with Crippen molar-refractivity contribution in [3.8, 4) is 0 Å². The first-order chi connectivity index (χ1) is 8.17. The molecule has 1 aliphatic heterocycles. The second-order valence-corrected chi connectivity index (χ2v) is 4.41. The SMILES string of the molecule is CCN(CC)C1CCn2cnc(C(=O)O)c2C1. The Morgan fingerprint density at radius 3 is 2.88 bits per heavy atom. The predicted molar refractivity (Wildman–Crippen MR) is 64.2 cm³/mol. The molecule has 1 N–H and O–H groups in total. The zero-order valence-electron chi connectivity index (χ0n) is 10.4. The lowest BCUT2D eigenvalue weighted by Gasteiger charge is -2.33. The Balaban J connectivity index is 2.22. The van der Waals surface area contributed by atoms with Gasteiger partial charge in [0.25, 0.3) is 0 Å². The van der Waals surface area contributed by atoms with Crippen LogP contribution in [0, 0.1) is 0 Å². The Hall–Kier alpha value is -1.36. The summed E-state index contributed by atoms with van der Waals surface area (Å²) in [7, 11) is 0. The Bertz CT molecular complexity index is 410. The number of fused-ring (bicyclic) bond motifs is 1. The number of carbonyl (C=O) groups is 1. The van der Waals surface area contributed by atoms with Crippen molar-refractivity contribution in [1.29, 1.82) is 0 Å². The molecule has 1 aromatic heterocycles. The van der Waals surface area contributed by atoms with E-state index in [1.807, 2.05) is 4.57 Å². The van der Waals surface area contributed by atoms with Gasteiger partial charge in [-0.2, -0.15) is 0 Å². The van der Waals surface area contributed by atoms with Crippen LogP contribution < -0.4 is 0 Å². The molecule has 0 aliphatic carbocycles. The molecular weight excluding hydrogens is 218 g/mol. The van der Waals surface area contributed by atoms with Crippen LogP contribution in [-0.4, -0.2) is 44.7 Å². The van der Waals surface area contributed by atoms with Gasteiger partial charge >= 0.3 is 5.97 Å². The standard InChI is InChI=1S/C12H19N3O2/c1-3-14(4-2)9-5-6-15-8-13-11(12(16)17)10(15)7-9/h8-9H,3-7H2,1-2H3,(H,16,17). The minimum Gasteiger partial charge on any atom is -0.476 e. The number of aromatic carboxylic acids is 1. The van der Waals surface area contributed by atoms with Crippen LogP contribution in [0.4, 0.5) is 0 Å². The smallest absolute Gasteiger partial charge is 0.356 e. The van der Waals surface area contributed by atoms with Gasteiger partial charge < -0.3 is 14.6 Å². The summed E-state index contributed by atoms with van der Waals surface area (Å²) in [5, 5.41) is 9.08. The van der Waals surface area contributed by atoms with E-state index in [4.69, 9.17) is 5.11 Å². The minimum atomic E-state index is -0.918. The van der Waals surface area contributed by atoms with Crippen molar-refractivity contribution in [3.05, 3.63) is 17.7 Å². The molecular formula is C12H19N3O2. The number of aromatic nitrogens is 2. The molecule has 0 bridgehead atoms. The Labute approximate surface area is 101 Å². The summed E-state index contributed by atoms with van der Waals surface area (Å²) in [5.41, 5.74) is 1.10. The molecule has 0 amide bonds. The van der Waals surface area contributed by atoms with Gasteiger partial charge in [0.15, 0.2) is 5.69 Å². The second kappa shape index (κ2) is 4.87. The lowest BCUT2D eigenvalue weighted by Crippen LogP contribution is -2.40. The number of aryl methyl sites for hydroxylation is 1. The molecule has 5 heteroatoms. The molecule has 0 saturated heterocycles. The molecule has 5 nitrogen and oxygen atoms in total. The fourth-order valence-corrected chi connectivity index (χ4v) is 2.66. The average Bonchev–Trinajstić information content (AvgIpc) is 2.73. The lowest BCUT2D eigenvalue weighted by atomic mass is 10.0. The first-order valence-corrected chi connectivity index (χ1v) is 6.18. The molecule has 0 saturated carbocycles. The molecule has 2 heterocycles. The number of imidazole rings is 1. The number of hydrogen-bond acceptors (Lipinski definition) is 3. The summed E-state index contributed by atoms with van der Waals surface area (Å²) >= 11 is 0. The van der Waals surface area contributed by atoms with Crippen molar-refractivity contribution in [2.24, 2.45) is 0 Å². The Morgan fingerprint density at radius 2 is 2.29 bits per heavy atom. The largest absolute Gasteiger partial charge is 0.476 e. The van der Waals surface area contributed by atoms with Crippen LogP contribution in [0.5, 0.6) is 0 Å². The molecule has 94 valence electrons. The molecule has 2 rings (SSSR count). The van der Waals surface area contributed by atoms with Crippen molar-refractivity contribution in [1.82, 2.24) is 14.5 Å². The van der Waals surface area contributed by atoms with Crippen LogP contribution in [0.1, 0.15) is 36.5 Å². The normalized spacial score (nSPS) is 19.4. The maximum Gasteiger partial charge on any atom is 0.356 e. The quantitative estimate of drug-likeness (QED) is 0.856. The molecule has 0 radical (unpaired) electrons. The summed E-state index contributed by atoms with van der Waals surface area (Å²) in [4.78, 5) is 17.4. The van der Waals surface area contributed by atoms with E-state index < -0.39 is 5.97 Å². The molecule has 1 atom stereocenters. The zero-order valence-corrected chi connectivity index (χ0v) is 10.4. The number of likely N-dealkylation sites (N-methyl/N-ethyl adjacent to an activating group) is 1. The van der Waals surface area contributed by atoms with Crippen LogP contribution in [0.3, 0.4) is 0 Å². The number of carboxylic acids is 1. The fraction of sp³-hybridized carbons (Fsp3) is 0.667. The Morgan fingerprint density at radius 1 is 1.59 bits per heavy atom. The third-order valence-corrected chi connectivity index (χ3v) is 3.61. The van der Waals surface area contributed by atoms with E-state index in [0.717, 1.165) is 38.2 Å². The highest BCUT2D eigenvalue weighted by molar-refractivity contribution is 5.86. The van der Waals surface area contributed by atoms with E-state index >= 15 is 0 Å². The number of carboxylic acid groups (broad SMARTS) is 1. The highest BCUT2D eigenvalue weighted by Crippen LogP contribution is 2.21. The lowest BCUT2D eigenvalue weighted by molar-refractivity contribution is 0.0688. The highest BCUT2D eigenvalue weighted by Gasteiger charge is 2.27. The topological polar surface area (TPSA) is 58.4 Å². The van der Waals surface area contributed by atoms with Crippen LogP contribution in [0.25, 0.3) is 0 Å². The maximum absolute atomic E-state index is 11.1. The van der Waals surface area contributed by atoms with Gasteiger partial charge in [0.05, 0.1) is 12.0 Å². The Kier molecular flexibility index (Phi) is 3.47. The van der Waals surface area contributed by atoms with E-state index in [0.29, 0.717) is 6.04 Å². The molecule has 0 fully saturated rings. The zero-order chi connectivity index (χ0) is 12.4. The van der Waals surface area contributed by atoms with Crippen molar-refractivity contribution in [3.63, 3.8) is 0 Å². The number of nitrogens with zero attached hydrogens (tertiary/aromatic N) is 3. The van der Waals surface area contributed by atoms with Crippen LogP contribution in [0.2, 0.25) is 0 Å². The highest BCUT2D eigenvalue weighted by atomic mass is 16.4. The van der Waals surface area contributed by atoms with E-state index in [1.54, 1.807) is 6.33 Å². The first kappa shape index (κ1) is 12.1. The minimum absolute atomic E-state index is 0.224. The second-order valence-electron chi connectivity index (χ2n) is 4.41. The predicted octanol–water partition coefficient (Wildman–Crippen LogP) is 1.24. The van der Waals surface area contributed by atoms with Gasteiger partial charge in [0.2, 0.25) is 0 Å². The van der Waals surface area contributed by atoms with Gasteiger partial charge in [-0.15, -0.1) is 0 Å². The molecule has 17 heavy (non-hydrogen) atoms. The summed E-state index contributed by atoms with van der Waals surface area (Å²) < 4.78 is 1.98. The van der Waals surface area contributed by atoms with Crippen molar-refractivity contribution >= 4 is 5.97 Å². The van der Waals surface area contributed by atoms with Gasteiger partial charge in [-0.3, -0.25) is 0 Å².